The molecule has 0 N–H and O–H groups in total. The van der Waals surface area contributed by atoms with Crippen molar-refractivity contribution in [3.63, 3.8) is 0 Å². The second kappa shape index (κ2) is 5.20. The molecule has 0 amide bonds. The fourth-order valence-corrected chi connectivity index (χ4v) is 1.04. The fraction of sp³-hybridized carbons (Fsp3) is 0.200. The van der Waals surface area contributed by atoms with Crippen molar-refractivity contribution >= 4 is 23.0 Å². The monoisotopic (exact) mass is 290 g/mol. The Labute approximate surface area is 91.0 Å². The Bertz CT molecular complexity index is 352. The van der Waals surface area contributed by atoms with E-state index in [1.54, 1.807) is 29.1 Å². The number of aryl methyl sites for hydroxylation is 1. The van der Waals surface area contributed by atoms with Crippen LogP contribution in [0.3, 0.4) is 0 Å². The molecule has 1 nitrogen and oxygen atoms in total. The molecule has 13 heavy (non-hydrogen) atoms. The lowest BCUT2D eigenvalue weighted by Gasteiger charge is -1.95. The maximum atomic E-state index is 13.1. The summed E-state index contributed by atoms with van der Waals surface area (Å²) in [6.45, 7) is 2.15. The molecule has 0 aromatic heterocycles. The van der Waals surface area contributed by atoms with E-state index in [0.29, 0.717) is 12.2 Å². The van der Waals surface area contributed by atoms with Gasteiger partial charge in [0.2, 0.25) is 0 Å². The summed E-state index contributed by atoms with van der Waals surface area (Å²) in [7, 11) is 0. The van der Waals surface area contributed by atoms with Gasteiger partial charge in [-0.3, -0.25) is 0 Å². The Hall–Kier alpha value is -0.600. The molecule has 1 rings (SSSR count). The van der Waals surface area contributed by atoms with Gasteiger partial charge in [0.25, 0.3) is 0 Å². The van der Waals surface area contributed by atoms with Crippen LogP contribution in [0.15, 0.2) is 18.2 Å². The first-order valence-electron chi connectivity index (χ1n) is 3.72. The SMILES string of the molecule is Cc1ccc(C#CCOI)c(F)c1. The molecular formula is C10H8FIO. The van der Waals surface area contributed by atoms with Crippen LogP contribution in [-0.2, 0) is 3.07 Å². The van der Waals surface area contributed by atoms with Crippen LogP contribution in [0, 0.1) is 24.6 Å². The van der Waals surface area contributed by atoms with Crippen LogP contribution >= 0.6 is 23.0 Å². The smallest absolute Gasteiger partial charge is 0.139 e. The lowest BCUT2D eigenvalue weighted by atomic mass is 10.1. The maximum absolute atomic E-state index is 13.1. The van der Waals surface area contributed by atoms with E-state index in [9.17, 15) is 4.39 Å². The number of halogens is 2. The minimum absolute atomic E-state index is 0.277. The van der Waals surface area contributed by atoms with Crippen molar-refractivity contribution in [2.75, 3.05) is 6.61 Å². The number of rotatable bonds is 1. The molecule has 0 aliphatic rings. The van der Waals surface area contributed by atoms with Gasteiger partial charge in [0.1, 0.15) is 35.4 Å². The summed E-state index contributed by atoms with van der Waals surface area (Å²) < 4.78 is 17.8. The zero-order valence-electron chi connectivity index (χ0n) is 7.10. The van der Waals surface area contributed by atoms with Gasteiger partial charge in [-0.15, -0.1) is 0 Å². The maximum Gasteiger partial charge on any atom is 0.139 e. The summed E-state index contributed by atoms with van der Waals surface area (Å²) in [6.07, 6.45) is 0. The molecule has 0 saturated heterocycles. The predicted molar refractivity (Wildman–Crippen MR) is 58.0 cm³/mol. The Morgan fingerprint density at radius 1 is 1.54 bits per heavy atom. The van der Waals surface area contributed by atoms with E-state index in [-0.39, 0.29) is 5.82 Å². The first-order valence-corrected chi connectivity index (χ1v) is 4.60. The van der Waals surface area contributed by atoms with Crippen molar-refractivity contribution in [3.05, 3.63) is 35.1 Å². The third-order valence-corrected chi connectivity index (χ3v) is 1.79. The summed E-state index contributed by atoms with van der Waals surface area (Å²) in [5.74, 6) is 5.10. The van der Waals surface area contributed by atoms with Crippen LogP contribution in [0.2, 0.25) is 0 Å². The largest absolute Gasteiger partial charge is 0.303 e. The molecule has 1 aromatic rings. The first-order chi connectivity index (χ1) is 6.24. The van der Waals surface area contributed by atoms with Crippen LogP contribution in [0.1, 0.15) is 11.1 Å². The summed E-state index contributed by atoms with van der Waals surface area (Å²) in [5, 5.41) is 0. The lowest BCUT2D eigenvalue weighted by Crippen LogP contribution is -1.85. The highest BCUT2D eigenvalue weighted by Gasteiger charge is 1.97. The van der Waals surface area contributed by atoms with E-state index in [1.807, 2.05) is 13.0 Å². The van der Waals surface area contributed by atoms with Gasteiger partial charge in [0, 0.05) is 0 Å². The first kappa shape index (κ1) is 10.5. The molecule has 68 valence electrons. The summed E-state index contributed by atoms with van der Waals surface area (Å²) >= 11 is 1.75. The Morgan fingerprint density at radius 3 is 2.92 bits per heavy atom. The summed E-state index contributed by atoms with van der Waals surface area (Å²) in [6, 6.07) is 4.97. The van der Waals surface area contributed by atoms with Crippen LogP contribution in [0.4, 0.5) is 4.39 Å². The van der Waals surface area contributed by atoms with Gasteiger partial charge in [-0.2, -0.15) is 0 Å². The molecule has 0 bridgehead atoms. The average Bonchev–Trinajstić information content (AvgIpc) is 2.09. The molecule has 0 heterocycles. The second-order valence-electron chi connectivity index (χ2n) is 2.54. The van der Waals surface area contributed by atoms with E-state index in [4.69, 9.17) is 3.07 Å². The van der Waals surface area contributed by atoms with Crippen LogP contribution in [0.5, 0.6) is 0 Å². The van der Waals surface area contributed by atoms with Crippen molar-refractivity contribution in [1.82, 2.24) is 0 Å². The second-order valence-corrected chi connectivity index (χ2v) is 3.16. The van der Waals surface area contributed by atoms with Crippen LogP contribution in [0.25, 0.3) is 0 Å². The Balaban J connectivity index is 2.85. The summed E-state index contributed by atoms with van der Waals surface area (Å²) in [5.41, 5.74) is 1.31. The van der Waals surface area contributed by atoms with Gasteiger partial charge in [-0.1, -0.05) is 17.9 Å². The quantitative estimate of drug-likeness (QED) is 0.571. The van der Waals surface area contributed by atoms with Crippen LogP contribution in [-0.4, -0.2) is 6.61 Å². The van der Waals surface area contributed by atoms with E-state index >= 15 is 0 Å². The lowest BCUT2D eigenvalue weighted by molar-refractivity contribution is 0.498. The molecule has 0 spiro atoms. The highest BCUT2D eigenvalue weighted by atomic mass is 127. The molecular weight excluding hydrogens is 282 g/mol. The Kier molecular flexibility index (Phi) is 4.19. The van der Waals surface area contributed by atoms with E-state index in [1.165, 1.54) is 6.07 Å². The Morgan fingerprint density at radius 2 is 2.31 bits per heavy atom. The van der Waals surface area contributed by atoms with Crippen molar-refractivity contribution in [2.24, 2.45) is 0 Å². The van der Waals surface area contributed by atoms with Gasteiger partial charge in [0.05, 0.1) is 5.56 Å². The highest BCUT2D eigenvalue weighted by Crippen LogP contribution is 2.07. The number of hydrogen-bond acceptors (Lipinski definition) is 1. The molecule has 3 heteroatoms. The molecule has 0 aliphatic heterocycles. The fourth-order valence-electron chi connectivity index (χ4n) is 0.880. The molecule has 1 aromatic carbocycles. The van der Waals surface area contributed by atoms with E-state index in [0.717, 1.165) is 5.56 Å². The van der Waals surface area contributed by atoms with E-state index < -0.39 is 0 Å². The number of benzene rings is 1. The molecule has 0 aliphatic carbocycles. The van der Waals surface area contributed by atoms with Gasteiger partial charge in [-0.25, -0.2) is 4.39 Å². The van der Waals surface area contributed by atoms with Crippen molar-refractivity contribution in [2.45, 2.75) is 6.92 Å². The summed E-state index contributed by atoms with van der Waals surface area (Å²) in [4.78, 5) is 0. The average molecular weight is 290 g/mol. The molecule has 0 radical (unpaired) electrons. The predicted octanol–water partition coefficient (Wildman–Crippen LogP) is 2.85. The molecule has 0 saturated carbocycles. The normalized spacial score (nSPS) is 9.15. The standard InChI is InChI=1S/C10H8FIO/c1-8-4-5-9(10(11)7-8)3-2-6-13-12/h4-5,7H,6H2,1H3. The van der Waals surface area contributed by atoms with Crippen molar-refractivity contribution < 1.29 is 7.46 Å². The highest BCUT2D eigenvalue weighted by molar-refractivity contribution is 14.1. The van der Waals surface area contributed by atoms with Crippen LogP contribution < -0.4 is 0 Å². The third kappa shape index (κ3) is 3.33. The van der Waals surface area contributed by atoms with Gasteiger partial charge >= 0.3 is 0 Å². The van der Waals surface area contributed by atoms with Crippen molar-refractivity contribution in [1.29, 1.82) is 0 Å². The van der Waals surface area contributed by atoms with Gasteiger partial charge in [-0.05, 0) is 24.6 Å². The number of hydrogen-bond donors (Lipinski definition) is 0. The van der Waals surface area contributed by atoms with Crippen molar-refractivity contribution in [3.8, 4) is 11.8 Å². The van der Waals surface area contributed by atoms with Gasteiger partial charge < -0.3 is 3.07 Å². The van der Waals surface area contributed by atoms with Gasteiger partial charge in [0.15, 0.2) is 0 Å². The third-order valence-electron chi connectivity index (χ3n) is 1.47. The zero-order chi connectivity index (χ0) is 9.68. The van der Waals surface area contributed by atoms with E-state index in [2.05, 4.69) is 11.8 Å². The minimum atomic E-state index is -0.277. The zero-order valence-corrected chi connectivity index (χ0v) is 9.26. The molecule has 0 fully saturated rings. The topological polar surface area (TPSA) is 9.23 Å². The minimum Gasteiger partial charge on any atom is -0.303 e. The molecule has 0 unspecified atom stereocenters. The molecule has 0 atom stereocenters.